The van der Waals surface area contributed by atoms with Crippen LogP contribution in [-0.2, 0) is 16.0 Å². The second kappa shape index (κ2) is 9.71. The molecule has 128 valence electrons. The van der Waals surface area contributed by atoms with Gasteiger partial charge in [0.2, 0.25) is 5.91 Å². The Morgan fingerprint density at radius 1 is 1.22 bits per heavy atom. The van der Waals surface area contributed by atoms with Gasteiger partial charge in [-0.05, 0) is 30.5 Å². The Hall–Kier alpha value is -2.24. The van der Waals surface area contributed by atoms with Crippen molar-refractivity contribution in [2.75, 3.05) is 14.2 Å². The summed E-state index contributed by atoms with van der Waals surface area (Å²) in [6, 6.07) is 4.65. The molecule has 0 aliphatic rings. The van der Waals surface area contributed by atoms with Crippen LogP contribution in [0.15, 0.2) is 18.2 Å². The number of aliphatic carboxylic acids is 1. The van der Waals surface area contributed by atoms with Crippen LogP contribution in [0.4, 0.5) is 0 Å². The predicted molar refractivity (Wildman–Crippen MR) is 87.0 cm³/mol. The third-order valence-electron chi connectivity index (χ3n) is 3.57. The molecule has 0 aliphatic heterocycles. The number of carboxylic acid groups (broad SMARTS) is 1. The largest absolute Gasteiger partial charge is 0.493 e. The third kappa shape index (κ3) is 6.18. The van der Waals surface area contributed by atoms with Crippen LogP contribution in [0.2, 0.25) is 0 Å². The van der Waals surface area contributed by atoms with Crippen LogP contribution in [0.5, 0.6) is 11.5 Å². The van der Waals surface area contributed by atoms with Crippen molar-refractivity contribution in [1.29, 1.82) is 0 Å². The number of benzene rings is 1. The summed E-state index contributed by atoms with van der Waals surface area (Å²) in [6.45, 7) is 1.98. The number of hydrogen-bond acceptors (Lipinski definition) is 4. The number of carbonyl (C=O) groups excluding carboxylic acids is 1. The van der Waals surface area contributed by atoms with Crippen LogP contribution in [0.3, 0.4) is 0 Å². The standard InChI is InChI=1S/C17H25NO5/c1-4-5-6-13(17(20)21)18-16(19)10-8-12-7-9-14(22-2)15(11-12)23-3/h7,9,11,13H,4-6,8,10H2,1-3H3,(H,18,19)(H,20,21). The summed E-state index contributed by atoms with van der Waals surface area (Å²) in [6.07, 6.45) is 2.85. The van der Waals surface area contributed by atoms with E-state index in [9.17, 15) is 9.59 Å². The van der Waals surface area contributed by atoms with Crippen LogP contribution in [-0.4, -0.2) is 37.2 Å². The summed E-state index contributed by atoms with van der Waals surface area (Å²) in [5.74, 6) is -0.0100. The summed E-state index contributed by atoms with van der Waals surface area (Å²) in [5, 5.41) is 11.7. The molecule has 6 heteroatoms. The summed E-state index contributed by atoms with van der Waals surface area (Å²) in [7, 11) is 3.12. The van der Waals surface area contributed by atoms with Crippen molar-refractivity contribution in [3.63, 3.8) is 0 Å². The first-order valence-electron chi connectivity index (χ1n) is 7.74. The highest BCUT2D eigenvalue weighted by atomic mass is 16.5. The highest BCUT2D eigenvalue weighted by Gasteiger charge is 2.19. The normalized spacial score (nSPS) is 11.6. The van der Waals surface area contributed by atoms with Gasteiger partial charge in [-0.15, -0.1) is 0 Å². The number of methoxy groups -OCH3 is 2. The number of aryl methyl sites for hydroxylation is 1. The van der Waals surface area contributed by atoms with Gasteiger partial charge in [-0.25, -0.2) is 4.79 Å². The van der Waals surface area contributed by atoms with Crippen molar-refractivity contribution in [3.05, 3.63) is 23.8 Å². The minimum atomic E-state index is -0.988. The van der Waals surface area contributed by atoms with Gasteiger partial charge in [-0.3, -0.25) is 4.79 Å². The van der Waals surface area contributed by atoms with E-state index in [0.717, 1.165) is 18.4 Å². The van der Waals surface area contributed by atoms with E-state index in [2.05, 4.69) is 5.32 Å². The van der Waals surface area contributed by atoms with E-state index in [1.165, 1.54) is 0 Å². The van der Waals surface area contributed by atoms with Gasteiger partial charge in [0.1, 0.15) is 6.04 Å². The molecule has 0 aliphatic carbocycles. The Balaban J connectivity index is 2.56. The van der Waals surface area contributed by atoms with E-state index < -0.39 is 12.0 Å². The maximum atomic E-state index is 11.9. The number of carboxylic acids is 1. The van der Waals surface area contributed by atoms with Gasteiger partial charge in [-0.1, -0.05) is 25.8 Å². The molecule has 1 atom stereocenters. The van der Waals surface area contributed by atoms with Crippen LogP contribution in [0, 0.1) is 0 Å². The van der Waals surface area contributed by atoms with E-state index >= 15 is 0 Å². The molecule has 0 saturated carbocycles. The Morgan fingerprint density at radius 3 is 2.48 bits per heavy atom. The maximum absolute atomic E-state index is 11.9. The Bertz CT molecular complexity index is 530. The van der Waals surface area contributed by atoms with Crippen molar-refractivity contribution in [2.45, 2.75) is 45.1 Å². The number of ether oxygens (including phenoxy) is 2. The zero-order valence-electron chi connectivity index (χ0n) is 13.9. The lowest BCUT2D eigenvalue weighted by Crippen LogP contribution is -2.40. The van der Waals surface area contributed by atoms with Gasteiger partial charge in [0.25, 0.3) is 0 Å². The average Bonchev–Trinajstić information content (AvgIpc) is 2.56. The highest BCUT2D eigenvalue weighted by Crippen LogP contribution is 2.27. The molecule has 0 radical (unpaired) electrons. The maximum Gasteiger partial charge on any atom is 0.326 e. The fourth-order valence-electron chi connectivity index (χ4n) is 2.23. The van der Waals surface area contributed by atoms with Crippen LogP contribution in [0.25, 0.3) is 0 Å². The van der Waals surface area contributed by atoms with Gasteiger partial charge < -0.3 is 19.9 Å². The molecule has 1 amide bonds. The molecule has 0 saturated heterocycles. The first-order valence-corrected chi connectivity index (χ1v) is 7.74. The van der Waals surface area contributed by atoms with Gasteiger partial charge in [0.15, 0.2) is 11.5 Å². The minimum absolute atomic E-state index is 0.228. The Morgan fingerprint density at radius 2 is 1.91 bits per heavy atom. The molecule has 1 unspecified atom stereocenters. The van der Waals surface area contributed by atoms with Crippen molar-refractivity contribution in [3.8, 4) is 11.5 Å². The van der Waals surface area contributed by atoms with Crippen molar-refractivity contribution >= 4 is 11.9 Å². The predicted octanol–water partition coefficient (Wildman–Crippen LogP) is 2.40. The van der Waals surface area contributed by atoms with Crippen molar-refractivity contribution in [1.82, 2.24) is 5.32 Å². The van der Waals surface area contributed by atoms with Crippen LogP contribution < -0.4 is 14.8 Å². The Kier molecular flexibility index (Phi) is 7.94. The topological polar surface area (TPSA) is 84.9 Å². The molecule has 0 bridgehead atoms. The van der Waals surface area contributed by atoms with Gasteiger partial charge >= 0.3 is 5.97 Å². The summed E-state index contributed by atoms with van der Waals surface area (Å²) >= 11 is 0. The van der Waals surface area contributed by atoms with E-state index in [1.54, 1.807) is 20.3 Å². The lowest BCUT2D eigenvalue weighted by Gasteiger charge is -2.14. The third-order valence-corrected chi connectivity index (χ3v) is 3.57. The highest BCUT2D eigenvalue weighted by molar-refractivity contribution is 5.83. The molecule has 2 N–H and O–H groups in total. The zero-order chi connectivity index (χ0) is 17.2. The monoisotopic (exact) mass is 323 g/mol. The van der Waals surface area contributed by atoms with E-state index in [4.69, 9.17) is 14.6 Å². The van der Waals surface area contributed by atoms with Crippen LogP contribution >= 0.6 is 0 Å². The molecule has 0 spiro atoms. The van der Waals surface area contributed by atoms with E-state index in [0.29, 0.717) is 24.3 Å². The molecule has 0 heterocycles. The molecule has 1 rings (SSSR count). The fourth-order valence-corrected chi connectivity index (χ4v) is 2.23. The molecule has 1 aromatic rings. The number of amides is 1. The quantitative estimate of drug-likeness (QED) is 0.690. The lowest BCUT2D eigenvalue weighted by molar-refractivity contribution is -0.142. The molecule has 0 fully saturated rings. The fraction of sp³-hybridized carbons (Fsp3) is 0.529. The van der Waals surface area contributed by atoms with Gasteiger partial charge in [0, 0.05) is 6.42 Å². The van der Waals surface area contributed by atoms with Crippen LogP contribution in [0.1, 0.15) is 38.2 Å². The number of rotatable bonds is 10. The number of hydrogen-bond donors (Lipinski definition) is 2. The Labute approximate surface area is 136 Å². The van der Waals surface area contributed by atoms with E-state index in [-0.39, 0.29) is 12.3 Å². The van der Waals surface area contributed by atoms with Gasteiger partial charge in [0.05, 0.1) is 14.2 Å². The molecule has 0 aromatic heterocycles. The van der Waals surface area contributed by atoms with Crippen molar-refractivity contribution < 1.29 is 24.2 Å². The summed E-state index contributed by atoms with van der Waals surface area (Å²) in [5.41, 5.74) is 0.929. The first-order chi connectivity index (χ1) is 11.0. The molecule has 6 nitrogen and oxygen atoms in total. The summed E-state index contributed by atoms with van der Waals surface area (Å²) in [4.78, 5) is 23.1. The van der Waals surface area contributed by atoms with Crippen molar-refractivity contribution in [2.24, 2.45) is 0 Å². The number of carbonyl (C=O) groups is 2. The number of nitrogens with one attached hydrogen (secondary N) is 1. The second-order valence-electron chi connectivity index (χ2n) is 5.29. The lowest BCUT2D eigenvalue weighted by atomic mass is 10.1. The number of unbranched alkanes of at least 4 members (excludes halogenated alkanes) is 1. The molecule has 23 heavy (non-hydrogen) atoms. The molecule has 1 aromatic carbocycles. The SMILES string of the molecule is CCCCC(NC(=O)CCc1ccc(OC)c(OC)c1)C(=O)O. The average molecular weight is 323 g/mol. The smallest absolute Gasteiger partial charge is 0.326 e. The zero-order valence-corrected chi connectivity index (χ0v) is 13.9. The summed E-state index contributed by atoms with van der Waals surface area (Å²) < 4.78 is 10.4. The molecular weight excluding hydrogens is 298 g/mol. The molecular formula is C17H25NO5. The second-order valence-corrected chi connectivity index (χ2v) is 5.29. The first kappa shape index (κ1) is 18.8. The van der Waals surface area contributed by atoms with Gasteiger partial charge in [-0.2, -0.15) is 0 Å². The van der Waals surface area contributed by atoms with E-state index in [1.807, 2.05) is 19.1 Å². The minimum Gasteiger partial charge on any atom is -0.493 e.